The molecule has 0 amide bonds. The van der Waals surface area contributed by atoms with E-state index in [9.17, 15) is 4.79 Å². The Kier molecular flexibility index (Phi) is 3.51. The summed E-state index contributed by atoms with van der Waals surface area (Å²) < 4.78 is 0.518. The molecule has 0 radical (unpaired) electrons. The van der Waals surface area contributed by atoms with Gasteiger partial charge < -0.3 is 4.98 Å². The third-order valence-electron chi connectivity index (χ3n) is 1.96. The molecule has 1 heterocycles. The van der Waals surface area contributed by atoms with Crippen molar-refractivity contribution in [1.29, 1.82) is 0 Å². The second-order valence-electron chi connectivity index (χ2n) is 3.01. The van der Waals surface area contributed by atoms with Crippen LogP contribution in [0.1, 0.15) is 0 Å². The number of H-pyrrole nitrogens is 1. The van der Waals surface area contributed by atoms with Gasteiger partial charge in [0.2, 0.25) is 0 Å². The van der Waals surface area contributed by atoms with Crippen LogP contribution in [0.3, 0.4) is 0 Å². The van der Waals surface area contributed by atoms with Crippen LogP contribution in [0.25, 0.3) is 11.4 Å². The van der Waals surface area contributed by atoms with Crippen molar-refractivity contribution in [2.75, 3.05) is 0 Å². The number of hydrogen-bond acceptors (Lipinski definition) is 2. The molecule has 2 rings (SSSR count). The molecule has 0 atom stereocenters. The largest absolute Gasteiger partial charge is 0.306 e. The van der Waals surface area contributed by atoms with Gasteiger partial charge in [-0.1, -0.05) is 29.3 Å². The first-order valence-electron chi connectivity index (χ1n) is 4.29. The summed E-state index contributed by atoms with van der Waals surface area (Å²) >= 11 is 13.9. The quantitative estimate of drug-likeness (QED) is 0.786. The average Bonchev–Trinajstić information content (AvgIpc) is 2.23. The molecular weight excluding hydrogens is 362 g/mol. The minimum atomic E-state index is -0.207. The number of aromatic nitrogens is 2. The Morgan fingerprint density at radius 1 is 1.25 bits per heavy atom. The Balaban J connectivity index is 2.68. The fraction of sp³-hybridized carbons (Fsp3) is 0. The van der Waals surface area contributed by atoms with Gasteiger partial charge in [0.15, 0.2) is 0 Å². The van der Waals surface area contributed by atoms with E-state index in [0.717, 1.165) is 0 Å². The van der Waals surface area contributed by atoms with Gasteiger partial charge in [-0.2, -0.15) is 0 Å². The number of hydrogen-bond donors (Lipinski definition) is 1. The second-order valence-corrected chi connectivity index (χ2v) is 4.98. The van der Waals surface area contributed by atoms with Gasteiger partial charge in [-0.05, 0) is 34.7 Å². The zero-order valence-corrected chi connectivity index (χ0v) is 11.5. The predicted molar refractivity (Wildman–Crippen MR) is 73.0 cm³/mol. The van der Waals surface area contributed by atoms with Gasteiger partial charge in [0, 0.05) is 6.20 Å². The number of rotatable bonds is 1. The Bertz CT molecular complexity index is 577. The molecule has 3 nitrogen and oxygen atoms in total. The van der Waals surface area contributed by atoms with E-state index in [1.807, 2.05) is 22.6 Å². The van der Waals surface area contributed by atoms with Crippen molar-refractivity contribution in [3.8, 4) is 11.4 Å². The van der Waals surface area contributed by atoms with Crippen molar-refractivity contribution in [2.24, 2.45) is 0 Å². The molecule has 1 N–H and O–H groups in total. The highest BCUT2D eigenvalue weighted by Crippen LogP contribution is 2.31. The molecule has 0 saturated heterocycles. The van der Waals surface area contributed by atoms with Gasteiger partial charge in [0.1, 0.15) is 5.82 Å². The number of nitrogens with zero attached hydrogens (tertiary/aromatic N) is 1. The van der Waals surface area contributed by atoms with Gasteiger partial charge in [-0.15, -0.1) is 0 Å². The highest BCUT2D eigenvalue weighted by atomic mass is 127. The SMILES string of the molecule is O=c1[nH]c(-c2c(Cl)cccc2Cl)ncc1I. The summed E-state index contributed by atoms with van der Waals surface area (Å²) in [4.78, 5) is 18.2. The van der Waals surface area contributed by atoms with Crippen LogP contribution in [0.2, 0.25) is 10.0 Å². The topological polar surface area (TPSA) is 45.8 Å². The van der Waals surface area contributed by atoms with Crippen LogP contribution < -0.4 is 5.56 Å². The van der Waals surface area contributed by atoms with Gasteiger partial charge in [0.05, 0.1) is 19.2 Å². The molecule has 0 fully saturated rings. The summed E-state index contributed by atoms with van der Waals surface area (Å²) in [7, 11) is 0. The Morgan fingerprint density at radius 3 is 2.44 bits per heavy atom. The van der Waals surface area contributed by atoms with Crippen LogP contribution in [0, 0.1) is 3.57 Å². The third-order valence-corrected chi connectivity index (χ3v) is 3.35. The molecule has 0 unspecified atom stereocenters. The van der Waals surface area contributed by atoms with Crippen molar-refractivity contribution in [3.05, 3.63) is 48.4 Å². The van der Waals surface area contributed by atoms with E-state index in [4.69, 9.17) is 23.2 Å². The minimum absolute atomic E-state index is 0.207. The normalized spacial score (nSPS) is 10.4. The Morgan fingerprint density at radius 2 is 1.88 bits per heavy atom. The number of aromatic amines is 1. The number of halogens is 3. The standard InChI is InChI=1S/C10H5Cl2IN2O/c11-5-2-1-3-6(12)8(5)9-14-4-7(13)10(16)15-9/h1-4H,(H,14,15,16). The van der Waals surface area contributed by atoms with E-state index in [2.05, 4.69) is 9.97 Å². The molecule has 0 spiro atoms. The van der Waals surface area contributed by atoms with E-state index < -0.39 is 0 Å². The van der Waals surface area contributed by atoms with Crippen molar-refractivity contribution in [3.63, 3.8) is 0 Å². The van der Waals surface area contributed by atoms with E-state index in [-0.39, 0.29) is 5.56 Å². The maximum atomic E-state index is 11.4. The van der Waals surface area contributed by atoms with Gasteiger partial charge >= 0.3 is 0 Å². The summed E-state index contributed by atoms with van der Waals surface area (Å²) in [5, 5.41) is 0.911. The molecule has 0 aliphatic rings. The molecule has 1 aromatic carbocycles. The molecule has 0 saturated carbocycles. The lowest BCUT2D eigenvalue weighted by molar-refractivity contribution is 1.11. The smallest absolute Gasteiger partial charge is 0.264 e. The lowest BCUT2D eigenvalue weighted by Crippen LogP contribution is -2.11. The Hall–Kier alpha value is -0.590. The number of benzene rings is 1. The highest BCUT2D eigenvalue weighted by Gasteiger charge is 2.10. The van der Waals surface area contributed by atoms with Crippen LogP contribution in [0.15, 0.2) is 29.2 Å². The van der Waals surface area contributed by atoms with Gasteiger partial charge in [0.25, 0.3) is 5.56 Å². The van der Waals surface area contributed by atoms with E-state index in [0.29, 0.717) is 25.0 Å². The first-order valence-corrected chi connectivity index (χ1v) is 6.12. The summed E-state index contributed by atoms with van der Waals surface area (Å²) in [6, 6.07) is 5.13. The lowest BCUT2D eigenvalue weighted by Gasteiger charge is -2.05. The highest BCUT2D eigenvalue weighted by molar-refractivity contribution is 14.1. The minimum Gasteiger partial charge on any atom is -0.306 e. The molecule has 0 aliphatic carbocycles. The first-order chi connectivity index (χ1) is 7.59. The van der Waals surface area contributed by atoms with E-state index >= 15 is 0 Å². The second kappa shape index (κ2) is 4.73. The van der Waals surface area contributed by atoms with E-state index in [1.165, 1.54) is 6.20 Å². The van der Waals surface area contributed by atoms with Crippen LogP contribution in [-0.4, -0.2) is 9.97 Å². The van der Waals surface area contributed by atoms with Crippen LogP contribution in [-0.2, 0) is 0 Å². The summed E-state index contributed by atoms with van der Waals surface area (Å²) in [5.41, 5.74) is 0.334. The van der Waals surface area contributed by atoms with Gasteiger partial charge in [-0.3, -0.25) is 4.79 Å². The van der Waals surface area contributed by atoms with Crippen molar-refractivity contribution in [2.45, 2.75) is 0 Å². The van der Waals surface area contributed by atoms with Crippen LogP contribution in [0.4, 0.5) is 0 Å². The third kappa shape index (κ3) is 2.23. The molecule has 0 bridgehead atoms. The van der Waals surface area contributed by atoms with Crippen LogP contribution in [0.5, 0.6) is 0 Å². The first kappa shape index (κ1) is 11.9. The average molecular weight is 367 g/mol. The molecule has 0 aliphatic heterocycles. The molecule has 1 aromatic heterocycles. The van der Waals surface area contributed by atoms with E-state index in [1.54, 1.807) is 18.2 Å². The fourth-order valence-corrected chi connectivity index (χ4v) is 2.08. The monoisotopic (exact) mass is 366 g/mol. The fourth-order valence-electron chi connectivity index (χ4n) is 1.23. The lowest BCUT2D eigenvalue weighted by atomic mass is 10.2. The summed E-state index contributed by atoms with van der Waals surface area (Å²) in [5.74, 6) is 0.376. The molecule has 16 heavy (non-hydrogen) atoms. The summed E-state index contributed by atoms with van der Waals surface area (Å²) in [6.07, 6.45) is 1.48. The van der Waals surface area contributed by atoms with Crippen molar-refractivity contribution < 1.29 is 0 Å². The molecule has 2 aromatic rings. The molecule has 6 heteroatoms. The van der Waals surface area contributed by atoms with Crippen LogP contribution >= 0.6 is 45.8 Å². The number of nitrogens with one attached hydrogen (secondary N) is 1. The molecule has 82 valence electrons. The van der Waals surface area contributed by atoms with Gasteiger partial charge in [-0.25, -0.2) is 4.98 Å². The summed E-state index contributed by atoms with van der Waals surface area (Å²) in [6.45, 7) is 0. The maximum Gasteiger partial charge on any atom is 0.264 e. The Labute approximate surface area is 115 Å². The van der Waals surface area contributed by atoms with Crippen molar-refractivity contribution in [1.82, 2.24) is 9.97 Å². The maximum absolute atomic E-state index is 11.4. The van der Waals surface area contributed by atoms with Crippen molar-refractivity contribution >= 4 is 45.8 Å². The zero-order valence-electron chi connectivity index (χ0n) is 7.80. The predicted octanol–water partition coefficient (Wildman–Crippen LogP) is 3.35. The molecular formula is C10H5Cl2IN2O. The zero-order chi connectivity index (χ0) is 11.7.